The molecule has 1 aromatic carbocycles. The van der Waals surface area contributed by atoms with Crippen LogP contribution in [0.2, 0.25) is 0 Å². The largest absolute Gasteiger partial charge is 0.313 e. The Balaban J connectivity index is 1.75. The first-order chi connectivity index (χ1) is 9.09. The van der Waals surface area contributed by atoms with E-state index in [-0.39, 0.29) is 0 Å². The van der Waals surface area contributed by atoms with Crippen molar-refractivity contribution in [3.05, 3.63) is 35.4 Å². The molecule has 0 heterocycles. The summed E-state index contributed by atoms with van der Waals surface area (Å²) in [7, 11) is 0. The van der Waals surface area contributed by atoms with E-state index in [4.69, 9.17) is 0 Å². The van der Waals surface area contributed by atoms with Gasteiger partial charge < -0.3 is 5.32 Å². The van der Waals surface area contributed by atoms with E-state index in [0.29, 0.717) is 11.3 Å². The van der Waals surface area contributed by atoms with Gasteiger partial charge in [0.15, 0.2) is 0 Å². The van der Waals surface area contributed by atoms with Crippen LogP contribution in [-0.2, 0) is 5.41 Å². The third-order valence-electron chi connectivity index (χ3n) is 4.97. The first kappa shape index (κ1) is 13.2. The normalized spacial score (nSPS) is 30.4. The molecule has 3 rings (SSSR count). The zero-order chi connectivity index (χ0) is 13.5. The van der Waals surface area contributed by atoms with E-state index >= 15 is 0 Å². The summed E-state index contributed by atoms with van der Waals surface area (Å²) in [6, 6.07) is 10.3. The molecule has 0 spiro atoms. The van der Waals surface area contributed by atoms with Gasteiger partial charge in [0, 0.05) is 18.0 Å². The van der Waals surface area contributed by atoms with Gasteiger partial charge in [0.25, 0.3) is 0 Å². The molecule has 0 saturated heterocycles. The Morgan fingerprint density at radius 3 is 2.26 bits per heavy atom. The van der Waals surface area contributed by atoms with Crippen LogP contribution in [0.4, 0.5) is 0 Å². The maximum absolute atomic E-state index is 3.76. The Bertz CT molecular complexity index is 422. The lowest BCUT2D eigenvalue weighted by Gasteiger charge is -2.47. The van der Waals surface area contributed by atoms with Gasteiger partial charge in [-0.05, 0) is 48.6 Å². The van der Waals surface area contributed by atoms with Gasteiger partial charge >= 0.3 is 0 Å². The summed E-state index contributed by atoms with van der Waals surface area (Å²) in [5.74, 6) is 1.53. The van der Waals surface area contributed by atoms with Crippen molar-refractivity contribution in [3.8, 4) is 0 Å². The number of rotatable bonds is 5. The van der Waals surface area contributed by atoms with Crippen LogP contribution >= 0.6 is 0 Å². The molecule has 1 nitrogen and oxygen atoms in total. The van der Waals surface area contributed by atoms with E-state index in [1.165, 1.54) is 37.8 Å². The second-order valence-electron chi connectivity index (χ2n) is 7.23. The minimum absolute atomic E-state index is 0.428. The third kappa shape index (κ3) is 2.72. The van der Waals surface area contributed by atoms with Crippen LogP contribution in [0.15, 0.2) is 24.3 Å². The molecule has 104 valence electrons. The van der Waals surface area contributed by atoms with Crippen LogP contribution in [-0.4, -0.2) is 12.6 Å². The summed E-state index contributed by atoms with van der Waals surface area (Å²) in [5.41, 5.74) is 3.45. The Labute approximate surface area is 117 Å². The fraction of sp³-hybridized carbons (Fsp3) is 0.667. The predicted octanol–water partition coefficient (Wildman–Crippen LogP) is 4.23. The Hall–Kier alpha value is -0.820. The smallest absolute Gasteiger partial charge is 0.00829 e. The predicted molar refractivity (Wildman–Crippen MR) is 81.6 cm³/mol. The lowest BCUT2D eigenvalue weighted by Crippen LogP contribution is -2.48. The van der Waals surface area contributed by atoms with Gasteiger partial charge in [-0.3, -0.25) is 0 Å². The summed E-state index contributed by atoms with van der Waals surface area (Å²) >= 11 is 0. The summed E-state index contributed by atoms with van der Waals surface area (Å²) in [4.78, 5) is 0. The standard InChI is InChI=1S/C18H27N/c1-13(2)15-4-6-16(7-5-15)18(10-14(3)11-18)12-19-17-8-9-17/h4-7,13-14,17,19H,8-12H2,1-3H3. The van der Waals surface area contributed by atoms with Crippen molar-refractivity contribution in [3.63, 3.8) is 0 Å². The van der Waals surface area contributed by atoms with Gasteiger partial charge in [-0.1, -0.05) is 45.0 Å². The van der Waals surface area contributed by atoms with E-state index in [1.54, 1.807) is 5.56 Å². The highest BCUT2D eigenvalue weighted by molar-refractivity contribution is 5.33. The molecule has 19 heavy (non-hydrogen) atoms. The Kier molecular flexibility index (Phi) is 3.42. The van der Waals surface area contributed by atoms with Crippen LogP contribution < -0.4 is 5.32 Å². The summed E-state index contributed by atoms with van der Waals surface area (Å²) < 4.78 is 0. The van der Waals surface area contributed by atoms with Gasteiger partial charge in [-0.25, -0.2) is 0 Å². The van der Waals surface area contributed by atoms with Crippen LogP contribution in [0.5, 0.6) is 0 Å². The maximum Gasteiger partial charge on any atom is 0.00829 e. The molecule has 0 atom stereocenters. The zero-order valence-corrected chi connectivity index (χ0v) is 12.6. The SMILES string of the molecule is CC1CC(CNC2CC2)(c2ccc(C(C)C)cc2)C1. The number of benzene rings is 1. The second-order valence-corrected chi connectivity index (χ2v) is 7.23. The van der Waals surface area contributed by atoms with Gasteiger partial charge in [0.1, 0.15) is 0 Å². The van der Waals surface area contributed by atoms with Gasteiger partial charge in [-0.15, -0.1) is 0 Å². The topological polar surface area (TPSA) is 12.0 Å². The first-order valence-electron chi connectivity index (χ1n) is 7.93. The highest BCUT2D eigenvalue weighted by atomic mass is 15.0. The molecule has 2 fully saturated rings. The fourth-order valence-corrected chi connectivity index (χ4v) is 3.61. The van der Waals surface area contributed by atoms with Crippen molar-refractivity contribution in [2.45, 2.75) is 63.8 Å². The monoisotopic (exact) mass is 257 g/mol. The van der Waals surface area contributed by atoms with Crippen LogP contribution in [0.1, 0.15) is 63.5 Å². The third-order valence-corrected chi connectivity index (χ3v) is 4.97. The van der Waals surface area contributed by atoms with Crippen molar-refractivity contribution in [2.75, 3.05) is 6.54 Å². The second kappa shape index (κ2) is 4.94. The lowest BCUT2D eigenvalue weighted by atomic mass is 9.59. The van der Waals surface area contributed by atoms with E-state index in [1.807, 2.05) is 0 Å². The molecule has 0 aromatic heterocycles. The van der Waals surface area contributed by atoms with Gasteiger partial charge in [0.2, 0.25) is 0 Å². The van der Waals surface area contributed by atoms with E-state index in [9.17, 15) is 0 Å². The molecular weight excluding hydrogens is 230 g/mol. The molecular formula is C18H27N. The van der Waals surface area contributed by atoms with E-state index in [0.717, 1.165) is 12.0 Å². The average Bonchev–Trinajstić information content (AvgIpc) is 3.17. The molecule has 2 aliphatic rings. The van der Waals surface area contributed by atoms with Crippen LogP contribution in [0.25, 0.3) is 0 Å². The highest BCUT2D eigenvalue weighted by Gasteiger charge is 2.43. The molecule has 2 aliphatic carbocycles. The molecule has 0 aliphatic heterocycles. The van der Waals surface area contributed by atoms with Crippen LogP contribution in [0, 0.1) is 5.92 Å². The fourth-order valence-electron chi connectivity index (χ4n) is 3.61. The van der Waals surface area contributed by atoms with Crippen molar-refractivity contribution < 1.29 is 0 Å². The van der Waals surface area contributed by atoms with E-state index < -0.39 is 0 Å². The quantitative estimate of drug-likeness (QED) is 0.832. The average molecular weight is 257 g/mol. The first-order valence-corrected chi connectivity index (χ1v) is 7.93. The van der Waals surface area contributed by atoms with Crippen molar-refractivity contribution >= 4 is 0 Å². The highest BCUT2D eigenvalue weighted by Crippen LogP contribution is 2.47. The molecule has 0 bridgehead atoms. The Morgan fingerprint density at radius 2 is 1.79 bits per heavy atom. The summed E-state index contributed by atoms with van der Waals surface area (Å²) in [6.07, 6.45) is 5.48. The molecule has 0 radical (unpaired) electrons. The van der Waals surface area contributed by atoms with Crippen molar-refractivity contribution in [1.82, 2.24) is 5.32 Å². The molecule has 0 unspecified atom stereocenters. The number of nitrogens with one attached hydrogen (secondary N) is 1. The summed E-state index contributed by atoms with van der Waals surface area (Å²) in [5, 5.41) is 3.76. The molecule has 0 amide bonds. The van der Waals surface area contributed by atoms with Gasteiger partial charge in [0.05, 0.1) is 0 Å². The van der Waals surface area contributed by atoms with E-state index in [2.05, 4.69) is 50.4 Å². The van der Waals surface area contributed by atoms with Crippen LogP contribution in [0.3, 0.4) is 0 Å². The molecule has 2 saturated carbocycles. The molecule has 1 heteroatoms. The number of hydrogen-bond donors (Lipinski definition) is 1. The van der Waals surface area contributed by atoms with Crippen molar-refractivity contribution in [2.24, 2.45) is 5.92 Å². The lowest BCUT2D eigenvalue weighted by molar-refractivity contribution is 0.152. The summed E-state index contributed by atoms with van der Waals surface area (Å²) in [6.45, 7) is 8.11. The number of hydrogen-bond acceptors (Lipinski definition) is 1. The molecule has 1 N–H and O–H groups in total. The van der Waals surface area contributed by atoms with Crippen molar-refractivity contribution in [1.29, 1.82) is 0 Å². The minimum Gasteiger partial charge on any atom is -0.313 e. The Morgan fingerprint density at radius 1 is 1.16 bits per heavy atom. The molecule has 1 aromatic rings. The minimum atomic E-state index is 0.428. The zero-order valence-electron chi connectivity index (χ0n) is 12.6. The maximum atomic E-state index is 3.76. The van der Waals surface area contributed by atoms with Gasteiger partial charge in [-0.2, -0.15) is 0 Å².